The lowest BCUT2D eigenvalue weighted by Crippen LogP contribution is -2.51. The number of hydrogen-bond donors (Lipinski definition) is 1. The average molecular weight is 249 g/mol. The van der Waals surface area contributed by atoms with E-state index in [9.17, 15) is 13.2 Å². The van der Waals surface area contributed by atoms with Crippen LogP contribution in [0.3, 0.4) is 0 Å². The molecule has 16 heavy (non-hydrogen) atoms. The molecule has 1 heterocycles. The van der Waals surface area contributed by atoms with Crippen molar-refractivity contribution in [2.45, 2.75) is 45.1 Å². The largest absolute Gasteiger partial charge is 0.480 e. The van der Waals surface area contributed by atoms with Crippen molar-refractivity contribution in [1.29, 1.82) is 0 Å². The van der Waals surface area contributed by atoms with E-state index in [4.69, 9.17) is 5.11 Å². The molecule has 1 aliphatic rings. The first kappa shape index (κ1) is 13.4. The highest BCUT2D eigenvalue weighted by Crippen LogP contribution is 2.32. The second kappa shape index (κ2) is 4.71. The van der Waals surface area contributed by atoms with Crippen molar-refractivity contribution in [2.24, 2.45) is 0 Å². The van der Waals surface area contributed by atoms with Crippen LogP contribution in [0.15, 0.2) is 0 Å². The fraction of sp³-hybridized carbons (Fsp3) is 0.900. The summed E-state index contributed by atoms with van der Waals surface area (Å²) in [6, 6.07) is 0. The van der Waals surface area contributed by atoms with Gasteiger partial charge in [0.2, 0.25) is 10.0 Å². The number of nitrogens with zero attached hydrogens (tertiary/aromatic N) is 1. The lowest BCUT2D eigenvalue weighted by Gasteiger charge is -2.30. The quantitative estimate of drug-likeness (QED) is 0.790. The number of carboxylic acids is 1. The summed E-state index contributed by atoms with van der Waals surface area (Å²) in [7, 11) is -3.42. The van der Waals surface area contributed by atoms with E-state index in [-0.39, 0.29) is 5.75 Å². The molecule has 1 fully saturated rings. The van der Waals surface area contributed by atoms with Crippen LogP contribution in [0, 0.1) is 0 Å². The van der Waals surface area contributed by atoms with Gasteiger partial charge in [0.25, 0.3) is 0 Å². The minimum absolute atomic E-state index is 0.0480. The summed E-state index contributed by atoms with van der Waals surface area (Å²) in [5, 5.41) is 9.13. The maximum absolute atomic E-state index is 12.0. The van der Waals surface area contributed by atoms with Gasteiger partial charge in [0.15, 0.2) is 0 Å². The SMILES string of the molecule is CCCCS(=O)(=O)N1CCCC1(C)C(=O)O. The third-order valence-corrected chi connectivity index (χ3v) is 5.19. The number of carbonyl (C=O) groups is 1. The Balaban J connectivity index is 2.91. The molecular formula is C10H19NO4S. The zero-order valence-electron chi connectivity index (χ0n) is 9.77. The van der Waals surface area contributed by atoms with Crippen LogP contribution < -0.4 is 0 Å². The highest BCUT2D eigenvalue weighted by Gasteiger charge is 2.48. The van der Waals surface area contributed by atoms with Crippen molar-refractivity contribution in [1.82, 2.24) is 4.31 Å². The monoisotopic (exact) mass is 249 g/mol. The second-order valence-corrected chi connectivity index (χ2v) is 6.44. The number of carboxylic acid groups (broad SMARTS) is 1. The van der Waals surface area contributed by atoms with Crippen molar-refractivity contribution < 1.29 is 18.3 Å². The highest BCUT2D eigenvalue weighted by molar-refractivity contribution is 7.89. The van der Waals surface area contributed by atoms with E-state index < -0.39 is 21.5 Å². The Kier molecular flexibility index (Phi) is 3.96. The molecule has 0 saturated carbocycles. The molecule has 0 aromatic heterocycles. The van der Waals surface area contributed by atoms with Crippen molar-refractivity contribution in [3.05, 3.63) is 0 Å². The molecule has 0 radical (unpaired) electrons. The minimum atomic E-state index is -3.42. The lowest BCUT2D eigenvalue weighted by atomic mass is 10.0. The first-order chi connectivity index (χ1) is 7.34. The Labute approximate surface area is 96.5 Å². The normalized spacial score (nSPS) is 27.1. The maximum Gasteiger partial charge on any atom is 0.324 e. The van der Waals surface area contributed by atoms with E-state index in [0.717, 1.165) is 10.7 Å². The number of hydrogen-bond acceptors (Lipinski definition) is 3. The van der Waals surface area contributed by atoms with Crippen LogP contribution in [0.5, 0.6) is 0 Å². The Morgan fingerprint density at radius 2 is 2.12 bits per heavy atom. The third-order valence-electron chi connectivity index (χ3n) is 3.13. The van der Waals surface area contributed by atoms with Crippen molar-refractivity contribution >= 4 is 16.0 Å². The molecule has 0 aromatic rings. The van der Waals surface area contributed by atoms with E-state index in [0.29, 0.717) is 25.8 Å². The van der Waals surface area contributed by atoms with Gasteiger partial charge in [-0.1, -0.05) is 13.3 Å². The molecule has 0 amide bonds. The summed E-state index contributed by atoms with van der Waals surface area (Å²) >= 11 is 0. The second-order valence-electron chi connectivity index (χ2n) is 4.42. The minimum Gasteiger partial charge on any atom is -0.480 e. The van der Waals surface area contributed by atoms with E-state index in [2.05, 4.69) is 0 Å². The molecule has 0 spiro atoms. The molecule has 5 nitrogen and oxygen atoms in total. The van der Waals surface area contributed by atoms with E-state index in [1.165, 1.54) is 6.92 Å². The van der Waals surface area contributed by atoms with Crippen LogP contribution in [0.1, 0.15) is 39.5 Å². The van der Waals surface area contributed by atoms with Gasteiger partial charge in [0.1, 0.15) is 5.54 Å². The number of sulfonamides is 1. The first-order valence-electron chi connectivity index (χ1n) is 5.58. The van der Waals surface area contributed by atoms with E-state index in [1.807, 2.05) is 6.92 Å². The lowest BCUT2D eigenvalue weighted by molar-refractivity contribution is -0.146. The van der Waals surface area contributed by atoms with Gasteiger partial charge < -0.3 is 5.11 Å². The molecule has 0 bridgehead atoms. The van der Waals surface area contributed by atoms with Crippen LogP contribution in [0.2, 0.25) is 0 Å². The predicted octanol–water partition coefficient (Wildman–Crippen LogP) is 1.06. The fourth-order valence-electron chi connectivity index (χ4n) is 2.03. The molecular weight excluding hydrogens is 230 g/mol. The fourth-order valence-corrected chi connectivity index (χ4v) is 4.10. The topological polar surface area (TPSA) is 74.7 Å². The molecule has 1 unspecified atom stereocenters. The number of unbranched alkanes of at least 4 members (excludes halogenated alkanes) is 1. The van der Waals surface area contributed by atoms with Gasteiger partial charge >= 0.3 is 5.97 Å². The Morgan fingerprint density at radius 1 is 1.50 bits per heavy atom. The molecule has 0 aliphatic carbocycles. The predicted molar refractivity (Wildman–Crippen MR) is 60.7 cm³/mol. The Morgan fingerprint density at radius 3 is 2.62 bits per heavy atom. The Bertz CT molecular complexity index is 365. The Hall–Kier alpha value is -0.620. The van der Waals surface area contributed by atoms with Crippen molar-refractivity contribution in [3.63, 3.8) is 0 Å². The molecule has 6 heteroatoms. The van der Waals surface area contributed by atoms with Crippen LogP contribution in [-0.4, -0.2) is 41.6 Å². The standard InChI is InChI=1S/C10H19NO4S/c1-3-4-8-16(14,15)11-7-5-6-10(11,2)9(12)13/h3-8H2,1-2H3,(H,12,13). The maximum atomic E-state index is 12.0. The van der Waals surface area contributed by atoms with Crippen LogP contribution in [0.4, 0.5) is 0 Å². The van der Waals surface area contributed by atoms with E-state index in [1.54, 1.807) is 0 Å². The van der Waals surface area contributed by atoms with E-state index >= 15 is 0 Å². The summed E-state index contributed by atoms with van der Waals surface area (Å²) in [6.07, 6.45) is 2.38. The zero-order chi connectivity index (χ0) is 12.4. The van der Waals surface area contributed by atoms with Gasteiger partial charge in [-0.3, -0.25) is 4.79 Å². The molecule has 0 aromatic carbocycles. The number of aliphatic carboxylic acids is 1. The highest BCUT2D eigenvalue weighted by atomic mass is 32.2. The number of rotatable bonds is 5. The van der Waals surface area contributed by atoms with Gasteiger partial charge in [-0.25, -0.2) is 8.42 Å². The van der Waals surface area contributed by atoms with Gasteiger partial charge in [0, 0.05) is 6.54 Å². The summed E-state index contributed by atoms with van der Waals surface area (Å²) in [5.41, 5.74) is -1.24. The smallest absolute Gasteiger partial charge is 0.324 e. The molecule has 1 rings (SSSR count). The van der Waals surface area contributed by atoms with Crippen molar-refractivity contribution in [2.75, 3.05) is 12.3 Å². The molecule has 1 saturated heterocycles. The van der Waals surface area contributed by atoms with Gasteiger partial charge in [0.05, 0.1) is 5.75 Å². The van der Waals surface area contributed by atoms with Crippen LogP contribution in [0.25, 0.3) is 0 Å². The molecule has 94 valence electrons. The van der Waals surface area contributed by atoms with Crippen LogP contribution in [-0.2, 0) is 14.8 Å². The summed E-state index contributed by atoms with van der Waals surface area (Å²) in [6.45, 7) is 3.73. The summed E-state index contributed by atoms with van der Waals surface area (Å²) in [4.78, 5) is 11.1. The van der Waals surface area contributed by atoms with Gasteiger partial charge in [-0.2, -0.15) is 4.31 Å². The average Bonchev–Trinajstić information content (AvgIpc) is 2.59. The van der Waals surface area contributed by atoms with Crippen LogP contribution >= 0.6 is 0 Å². The van der Waals surface area contributed by atoms with Gasteiger partial charge in [-0.15, -0.1) is 0 Å². The zero-order valence-corrected chi connectivity index (χ0v) is 10.6. The summed E-state index contributed by atoms with van der Waals surface area (Å²) < 4.78 is 25.1. The van der Waals surface area contributed by atoms with Crippen molar-refractivity contribution in [3.8, 4) is 0 Å². The molecule has 1 atom stereocenters. The first-order valence-corrected chi connectivity index (χ1v) is 7.19. The molecule has 1 N–H and O–H groups in total. The summed E-state index contributed by atoms with van der Waals surface area (Å²) in [5.74, 6) is -1.00. The third kappa shape index (κ3) is 2.38. The van der Waals surface area contributed by atoms with Gasteiger partial charge in [-0.05, 0) is 26.2 Å². The molecule has 1 aliphatic heterocycles.